The summed E-state index contributed by atoms with van der Waals surface area (Å²) in [7, 11) is 0. The lowest BCUT2D eigenvalue weighted by Crippen LogP contribution is -2.50. The van der Waals surface area contributed by atoms with Crippen molar-refractivity contribution in [3.8, 4) is 0 Å². The van der Waals surface area contributed by atoms with E-state index in [0.29, 0.717) is 0 Å². The minimum Gasteiger partial charge on any atom is -0.388 e. The number of nitrogens with zero attached hydrogens (tertiary/aromatic N) is 3. The molecule has 2 aromatic heterocycles. The third-order valence-corrected chi connectivity index (χ3v) is 5.75. The van der Waals surface area contributed by atoms with Crippen LogP contribution in [0.3, 0.4) is 0 Å². The van der Waals surface area contributed by atoms with E-state index < -0.39 is 5.60 Å². The number of anilines is 1. The molecule has 3 rings (SSSR count). The molecule has 7 heteroatoms. The lowest BCUT2D eigenvalue weighted by Gasteiger charge is -2.30. The van der Waals surface area contributed by atoms with E-state index in [1.807, 2.05) is 25.3 Å². The Morgan fingerprint density at radius 2 is 2.33 bits per heavy atom. The van der Waals surface area contributed by atoms with Crippen molar-refractivity contribution in [1.82, 2.24) is 15.3 Å². The number of amides is 1. The van der Waals surface area contributed by atoms with Gasteiger partial charge in [0, 0.05) is 13.1 Å². The van der Waals surface area contributed by atoms with Crippen LogP contribution in [-0.4, -0.2) is 45.7 Å². The SMILES string of the molecule is CC(C)C(C)(O)CNC(=O)C1CCCN1c1ncnc2sccc12. The van der Waals surface area contributed by atoms with E-state index in [1.165, 1.54) is 0 Å². The highest BCUT2D eigenvalue weighted by Gasteiger charge is 2.34. The van der Waals surface area contributed by atoms with Gasteiger partial charge in [-0.15, -0.1) is 11.3 Å². The van der Waals surface area contributed by atoms with Gasteiger partial charge in [-0.25, -0.2) is 9.97 Å². The molecule has 24 heavy (non-hydrogen) atoms. The van der Waals surface area contributed by atoms with Crippen LogP contribution < -0.4 is 10.2 Å². The quantitative estimate of drug-likeness (QED) is 0.866. The summed E-state index contributed by atoms with van der Waals surface area (Å²) in [6, 6.07) is 1.76. The normalized spacial score (nSPS) is 20.5. The van der Waals surface area contributed by atoms with Crippen LogP contribution in [0.4, 0.5) is 5.82 Å². The van der Waals surface area contributed by atoms with E-state index in [4.69, 9.17) is 0 Å². The van der Waals surface area contributed by atoms with Gasteiger partial charge in [0.05, 0.1) is 11.0 Å². The minimum absolute atomic E-state index is 0.0459. The first kappa shape index (κ1) is 17.1. The second kappa shape index (κ2) is 6.64. The Labute approximate surface area is 145 Å². The van der Waals surface area contributed by atoms with E-state index in [-0.39, 0.29) is 24.4 Å². The Morgan fingerprint density at radius 3 is 3.08 bits per heavy atom. The first-order valence-corrected chi connectivity index (χ1v) is 9.23. The zero-order valence-electron chi connectivity index (χ0n) is 14.3. The first-order chi connectivity index (χ1) is 11.4. The molecular weight excluding hydrogens is 324 g/mol. The summed E-state index contributed by atoms with van der Waals surface area (Å²) in [4.78, 5) is 24.4. The molecule has 2 atom stereocenters. The van der Waals surface area contributed by atoms with E-state index in [1.54, 1.807) is 24.6 Å². The van der Waals surface area contributed by atoms with Gasteiger partial charge >= 0.3 is 0 Å². The number of hydrogen-bond acceptors (Lipinski definition) is 6. The maximum absolute atomic E-state index is 12.7. The summed E-state index contributed by atoms with van der Waals surface area (Å²) in [5.74, 6) is 0.856. The summed E-state index contributed by atoms with van der Waals surface area (Å²) < 4.78 is 0. The van der Waals surface area contributed by atoms with Crippen LogP contribution in [0.5, 0.6) is 0 Å². The van der Waals surface area contributed by atoms with Crippen molar-refractivity contribution in [1.29, 1.82) is 0 Å². The highest BCUT2D eigenvalue weighted by Crippen LogP contribution is 2.31. The number of carbonyl (C=O) groups is 1. The first-order valence-electron chi connectivity index (χ1n) is 8.35. The van der Waals surface area contributed by atoms with Gasteiger partial charge in [-0.3, -0.25) is 4.79 Å². The number of hydrogen-bond donors (Lipinski definition) is 2. The average molecular weight is 348 g/mol. The predicted molar refractivity (Wildman–Crippen MR) is 96.3 cm³/mol. The van der Waals surface area contributed by atoms with Crippen molar-refractivity contribution in [3.63, 3.8) is 0 Å². The van der Waals surface area contributed by atoms with Crippen LogP contribution in [0.15, 0.2) is 17.8 Å². The van der Waals surface area contributed by atoms with E-state index in [0.717, 1.165) is 35.4 Å². The van der Waals surface area contributed by atoms with Crippen molar-refractivity contribution < 1.29 is 9.90 Å². The van der Waals surface area contributed by atoms with Crippen LogP contribution in [0.25, 0.3) is 10.2 Å². The summed E-state index contributed by atoms with van der Waals surface area (Å²) >= 11 is 1.58. The number of aromatic nitrogens is 2. The van der Waals surface area contributed by atoms with Crippen molar-refractivity contribution in [3.05, 3.63) is 17.8 Å². The van der Waals surface area contributed by atoms with Crippen molar-refractivity contribution in [2.75, 3.05) is 18.0 Å². The fraction of sp³-hybridized carbons (Fsp3) is 0.588. The third-order valence-electron chi connectivity index (χ3n) is 4.93. The lowest BCUT2D eigenvalue weighted by atomic mass is 9.92. The molecule has 130 valence electrons. The van der Waals surface area contributed by atoms with Crippen LogP contribution in [0.1, 0.15) is 33.6 Å². The molecule has 0 aromatic carbocycles. The molecule has 2 aromatic rings. The Hall–Kier alpha value is -1.73. The number of rotatable bonds is 5. The highest BCUT2D eigenvalue weighted by atomic mass is 32.1. The van der Waals surface area contributed by atoms with Crippen LogP contribution >= 0.6 is 11.3 Å². The van der Waals surface area contributed by atoms with Gasteiger partial charge in [-0.2, -0.15) is 0 Å². The number of fused-ring (bicyclic) bond motifs is 1. The molecule has 1 aliphatic rings. The van der Waals surface area contributed by atoms with Gasteiger partial charge in [-0.1, -0.05) is 13.8 Å². The Kier molecular flexibility index (Phi) is 4.73. The molecule has 2 N–H and O–H groups in total. The summed E-state index contributed by atoms with van der Waals surface area (Å²) in [5, 5.41) is 16.2. The molecule has 0 bridgehead atoms. The largest absolute Gasteiger partial charge is 0.388 e. The third kappa shape index (κ3) is 3.23. The molecule has 0 saturated carbocycles. The number of carbonyl (C=O) groups excluding carboxylic acids is 1. The topological polar surface area (TPSA) is 78.4 Å². The molecule has 6 nitrogen and oxygen atoms in total. The Balaban J connectivity index is 1.76. The molecule has 0 radical (unpaired) electrons. The molecular formula is C17H24N4O2S. The molecule has 0 spiro atoms. The molecule has 3 heterocycles. The second-order valence-corrected chi connectivity index (χ2v) is 7.81. The standard InChI is InChI=1S/C17H24N4O2S/c1-11(2)17(3,23)9-18-15(22)13-5-4-7-21(13)14-12-6-8-24-16(12)20-10-19-14/h6,8,10-11,13,23H,4-5,7,9H2,1-3H3,(H,18,22). The Bertz CT molecular complexity index is 728. The summed E-state index contributed by atoms with van der Waals surface area (Å²) in [5.41, 5.74) is -0.908. The number of thiophene rings is 1. The number of aliphatic hydroxyl groups is 1. The van der Waals surface area contributed by atoms with E-state index in [2.05, 4.69) is 20.2 Å². The van der Waals surface area contributed by atoms with E-state index >= 15 is 0 Å². The van der Waals surface area contributed by atoms with Gasteiger partial charge in [0.25, 0.3) is 0 Å². The van der Waals surface area contributed by atoms with Crippen molar-refractivity contribution >= 4 is 33.3 Å². The molecule has 1 saturated heterocycles. The smallest absolute Gasteiger partial charge is 0.242 e. The van der Waals surface area contributed by atoms with Crippen molar-refractivity contribution in [2.45, 2.75) is 45.3 Å². The molecule has 1 fully saturated rings. The van der Waals surface area contributed by atoms with Gasteiger partial charge in [0.1, 0.15) is 23.0 Å². The zero-order chi connectivity index (χ0) is 17.3. The molecule has 0 aliphatic carbocycles. The van der Waals surface area contributed by atoms with Crippen LogP contribution in [0.2, 0.25) is 0 Å². The van der Waals surface area contributed by atoms with Gasteiger partial charge in [-0.05, 0) is 37.1 Å². The molecule has 1 amide bonds. The van der Waals surface area contributed by atoms with Crippen LogP contribution in [-0.2, 0) is 4.79 Å². The maximum atomic E-state index is 12.7. The summed E-state index contributed by atoms with van der Waals surface area (Å²) in [6.07, 6.45) is 3.31. The van der Waals surface area contributed by atoms with Gasteiger partial charge in [0.15, 0.2) is 0 Å². The summed E-state index contributed by atoms with van der Waals surface area (Å²) in [6.45, 7) is 6.71. The minimum atomic E-state index is -0.908. The Morgan fingerprint density at radius 1 is 1.54 bits per heavy atom. The molecule has 2 unspecified atom stereocenters. The maximum Gasteiger partial charge on any atom is 0.242 e. The highest BCUT2D eigenvalue weighted by molar-refractivity contribution is 7.16. The second-order valence-electron chi connectivity index (χ2n) is 6.92. The monoisotopic (exact) mass is 348 g/mol. The van der Waals surface area contributed by atoms with E-state index in [9.17, 15) is 9.90 Å². The van der Waals surface area contributed by atoms with Crippen LogP contribution in [0, 0.1) is 5.92 Å². The molecule has 1 aliphatic heterocycles. The van der Waals surface area contributed by atoms with Gasteiger partial charge in [0.2, 0.25) is 5.91 Å². The van der Waals surface area contributed by atoms with Gasteiger partial charge < -0.3 is 15.3 Å². The number of nitrogens with one attached hydrogen (secondary N) is 1. The fourth-order valence-corrected chi connectivity index (χ4v) is 3.61. The average Bonchev–Trinajstić information content (AvgIpc) is 3.20. The predicted octanol–water partition coefficient (Wildman–Crippen LogP) is 2.18. The van der Waals surface area contributed by atoms with Crippen molar-refractivity contribution in [2.24, 2.45) is 5.92 Å². The zero-order valence-corrected chi connectivity index (χ0v) is 15.1. The fourth-order valence-electron chi connectivity index (χ4n) is 2.89. The lowest BCUT2D eigenvalue weighted by molar-refractivity contribution is -0.123.